The van der Waals surface area contributed by atoms with Crippen molar-refractivity contribution in [3.05, 3.63) is 36.9 Å². The van der Waals surface area contributed by atoms with Crippen molar-refractivity contribution in [2.45, 2.75) is 38.8 Å². The van der Waals surface area contributed by atoms with Crippen molar-refractivity contribution in [1.29, 1.82) is 0 Å². The van der Waals surface area contributed by atoms with Gasteiger partial charge in [-0.15, -0.1) is 11.3 Å². The molecule has 2 aromatic heterocycles. The lowest BCUT2D eigenvalue weighted by molar-refractivity contribution is 0.353. The standard InChI is InChI=1S/C13H15IN2OS/c1-8-5-9(17-16-8)7-15-11-3-2-4-12-10(11)6-13(14)18-12/h5-6,11,15H,2-4,7H2,1H3. The number of hydrogen-bond acceptors (Lipinski definition) is 4. The van der Waals surface area contributed by atoms with Gasteiger partial charge in [0.2, 0.25) is 0 Å². The van der Waals surface area contributed by atoms with E-state index in [-0.39, 0.29) is 0 Å². The van der Waals surface area contributed by atoms with Crippen LogP contribution in [0, 0.1) is 9.81 Å². The second-order valence-electron chi connectivity index (χ2n) is 4.69. The van der Waals surface area contributed by atoms with Gasteiger partial charge in [0.1, 0.15) is 0 Å². The van der Waals surface area contributed by atoms with Gasteiger partial charge in [0.05, 0.1) is 15.1 Å². The van der Waals surface area contributed by atoms with Crippen molar-refractivity contribution in [3.8, 4) is 0 Å². The SMILES string of the molecule is Cc1cc(CNC2CCCc3sc(I)cc32)on1. The Bertz CT molecular complexity index is 549. The van der Waals surface area contributed by atoms with Crippen LogP contribution in [0.2, 0.25) is 0 Å². The Hall–Kier alpha value is -0.400. The summed E-state index contributed by atoms with van der Waals surface area (Å²) in [6, 6.07) is 4.79. The van der Waals surface area contributed by atoms with E-state index in [0.29, 0.717) is 6.04 Å². The number of nitrogens with one attached hydrogen (secondary N) is 1. The predicted octanol–water partition coefficient (Wildman–Crippen LogP) is 3.82. The minimum absolute atomic E-state index is 0.471. The van der Waals surface area contributed by atoms with Crippen LogP contribution in [-0.4, -0.2) is 5.16 Å². The Morgan fingerprint density at radius 3 is 3.22 bits per heavy atom. The molecule has 1 unspecified atom stereocenters. The molecule has 1 aliphatic rings. The van der Waals surface area contributed by atoms with E-state index in [4.69, 9.17) is 4.52 Å². The van der Waals surface area contributed by atoms with Gasteiger partial charge >= 0.3 is 0 Å². The summed E-state index contributed by atoms with van der Waals surface area (Å²) in [6.45, 7) is 2.71. The van der Waals surface area contributed by atoms with E-state index in [1.807, 2.05) is 24.3 Å². The summed E-state index contributed by atoms with van der Waals surface area (Å²) in [5, 5.41) is 7.50. The van der Waals surface area contributed by atoms with Crippen molar-refractivity contribution in [2.75, 3.05) is 0 Å². The average Bonchev–Trinajstić information content (AvgIpc) is 2.91. The number of nitrogens with zero attached hydrogens (tertiary/aromatic N) is 1. The smallest absolute Gasteiger partial charge is 0.150 e. The number of aromatic nitrogens is 1. The third kappa shape index (κ3) is 2.62. The zero-order valence-corrected chi connectivity index (χ0v) is 13.2. The summed E-state index contributed by atoms with van der Waals surface area (Å²) in [5.74, 6) is 0.921. The van der Waals surface area contributed by atoms with Crippen molar-refractivity contribution in [3.63, 3.8) is 0 Å². The maximum absolute atomic E-state index is 5.24. The van der Waals surface area contributed by atoms with E-state index >= 15 is 0 Å². The van der Waals surface area contributed by atoms with Crippen molar-refractivity contribution < 1.29 is 4.52 Å². The summed E-state index contributed by atoms with van der Waals surface area (Å²) in [4.78, 5) is 1.55. The molecule has 0 saturated carbocycles. The van der Waals surface area contributed by atoms with Crippen LogP contribution < -0.4 is 5.32 Å². The molecule has 1 N–H and O–H groups in total. The Kier molecular flexibility index (Phi) is 3.72. The minimum Gasteiger partial charge on any atom is -0.360 e. The summed E-state index contributed by atoms with van der Waals surface area (Å²) >= 11 is 4.35. The predicted molar refractivity (Wildman–Crippen MR) is 80.8 cm³/mol. The van der Waals surface area contributed by atoms with Crippen LogP contribution in [0.5, 0.6) is 0 Å². The maximum atomic E-state index is 5.24. The fourth-order valence-electron chi connectivity index (χ4n) is 2.46. The third-order valence-electron chi connectivity index (χ3n) is 3.28. The molecule has 1 aliphatic carbocycles. The van der Waals surface area contributed by atoms with Gasteiger partial charge < -0.3 is 9.84 Å². The monoisotopic (exact) mass is 374 g/mol. The summed E-state index contributed by atoms with van der Waals surface area (Å²) in [6.07, 6.45) is 3.73. The number of halogens is 1. The molecule has 0 radical (unpaired) electrons. The van der Waals surface area contributed by atoms with E-state index in [1.54, 1.807) is 4.88 Å². The van der Waals surface area contributed by atoms with Gasteiger partial charge in [-0.05, 0) is 60.4 Å². The van der Waals surface area contributed by atoms with Gasteiger partial charge in [0.15, 0.2) is 5.76 Å². The second kappa shape index (κ2) is 5.30. The molecule has 2 heterocycles. The zero-order valence-electron chi connectivity index (χ0n) is 10.2. The summed E-state index contributed by atoms with van der Waals surface area (Å²) in [7, 11) is 0. The van der Waals surface area contributed by atoms with Crippen LogP contribution in [-0.2, 0) is 13.0 Å². The molecule has 96 valence electrons. The van der Waals surface area contributed by atoms with E-state index < -0.39 is 0 Å². The first-order valence-electron chi connectivity index (χ1n) is 6.16. The zero-order chi connectivity index (χ0) is 12.5. The van der Waals surface area contributed by atoms with Crippen molar-refractivity contribution >= 4 is 33.9 Å². The highest BCUT2D eigenvalue weighted by Crippen LogP contribution is 2.36. The van der Waals surface area contributed by atoms with E-state index in [9.17, 15) is 0 Å². The number of rotatable bonds is 3. The molecular formula is C13H15IN2OS. The number of aryl methyl sites for hydroxylation is 2. The Morgan fingerprint density at radius 1 is 1.56 bits per heavy atom. The quantitative estimate of drug-likeness (QED) is 0.831. The molecule has 1 atom stereocenters. The van der Waals surface area contributed by atoms with Crippen LogP contribution in [0.1, 0.15) is 40.8 Å². The van der Waals surface area contributed by atoms with Crippen LogP contribution in [0.25, 0.3) is 0 Å². The summed E-state index contributed by atoms with van der Waals surface area (Å²) < 4.78 is 6.63. The van der Waals surface area contributed by atoms with Crippen LogP contribution >= 0.6 is 33.9 Å². The lowest BCUT2D eigenvalue weighted by Crippen LogP contribution is -2.23. The van der Waals surface area contributed by atoms with Gasteiger partial charge in [-0.25, -0.2) is 0 Å². The van der Waals surface area contributed by atoms with Crippen molar-refractivity contribution in [1.82, 2.24) is 10.5 Å². The molecule has 3 nitrogen and oxygen atoms in total. The largest absolute Gasteiger partial charge is 0.360 e. The fourth-order valence-corrected chi connectivity index (χ4v) is 4.58. The third-order valence-corrected chi connectivity index (χ3v) is 5.25. The first-order chi connectivity index (χ1) is 8.72. The maximum Gasteiger partial charge on any atom is 0.150 e. The summed E-state index contributed by atoms with van der Waals surface area (Å²) in [5.41, 5.74) is 2.44. The van der Waals surface area contributed by atoms with Gasteiger partial charge in [0.25, 0.3) is 0 Å². The number of thiophene rings is 1. The molecule has 18 heavy (non-hydrogen) atoms. The van der Waals surface area contributed by atoms with Crippen LogP contribution in [0.15, 0.2) is 16.7 Å². The molecule has 5 heteroatoms. The molecule has 2 aromatic rings. The average molecular weight is 374 g/mol. The van der Waals surface area contributed by atoms with E-state index in [0.717, 1.165) is 18.0 Å². The second-order valence-corrected chi connectivity index (χ2v) is 7.72. The molecule has 3 rings (SSSR count). The highest BCUT2D eigenvalue weighted by molar-refractivity contribution is 14.1. The Morgan fingerprint density at radius 2 is 2.44 bits per heavy atom. The van der Waals surface area contributed by atoms with Crippen molar-refractivity contribution in [2.24, 2.45) is 0 Å². The number of hydrogen-bond donors (Lipinski definition) is 1. The topological polar surface area (TPSA) is 38.1 Å². The number of fused-ring (bicyclic) bond motifs is 1. The first-order valence-corrected chi connectivity index (χ1v) is 8.05. The Balaban J connectivity index is 1.70. The lowest BCUT2D eigenvalue weighted by atomic mass is 9.94. The Labute approximate surface area is 124 Å². The first kappa shape index (κ1) is 12.6. The molecular weight excluding hydrogens is 359 g/mol. The van der Waals surface area contributed by atoms with Gasteiger partial charge in [-0.3, -0.25) is 0 Å². The molecule has 0 amide bonds. The molecule has 0 bridgehead atoms. The normalized spacial score (nSPS) is 18.9. The highest BCUT2D eigenvalue weighted by atomic mass is 127. The molecule has 0 saturated heterocycles. The highest BCUT2D eigenvalue weighted by Gasteiger charge is 2.22. The van der Waals surface area contributed by atoms with Gasteiger partial charge in [-0.2, -0.15) is 0 Å². The van der Waals surface area contributed by atoms with Crippen LogP contribution in [0.4, 0.5) is 0 Å². The molecule has 0 aliphatic heterocycles. The van der Waals surface area contributed by atoms with Crippen LogP contribution in [0.3, 0.4) is 0 Å². The lowest BCUT2D eigenvalue weighted by Gasteiger charge is -2.23. The van der Waals surface area contributed by atoms with Gasteiger partial charge in [0, 0.05) is 17.0 Å². The molecule has 0 aromatic carbocycles. The fraction of sp³-hybridized carbons (Fsp3) is 0.462. The molecule has 0 fully saturated rings. The van der Waals surface area contributed by atoms with E-state index in [2.05, 4.69) is 39.1 Å². The van der Waals surface area contributed by atoms with Gasteiger partial charge in [-0.1, -0.05) is 5.16 Å². The van der Waals surface area contributed by atoms with E-state index in [1.165, 1.54) is 27.7 Å². The molecule has 0 spiro atoms. The minimum atomic E-state index is 0.471.